The first kappa shape index (κ1) is 24.1. The van der Waals surface area contributed by atoms with Crippen molar-refractivity contribution < 1.29 is 22.7 Å². The Bertz CT molecular complexity index is 1420. The lowest BCUT2D eigenvalue weighted by Crippen LogP contribution is -2.45. The van der Waals surface area contributed by atoms with E-state index in [0.29, 0.717) is 23.4 Å². The molecular formula is C25H21BrN4O5S. The van der Waals surface area contributed by atoms with Gasteiger partial charge in [-0.25, -0.2) is 18.2 Å². The summed E-state index contributed by atoms with van der Waals surface area (Å²) in [6.07, 6.45) is 0.848. The second-order valence-electron chi connectivity index (χ2n) is 8.48. The van der Waals surface area contributed by atoms with Crippen molar-refractivity contribution in [1.29, 1.82) is 0 Å². The standard InChI is InChI=1S/C25H21BrN4O5S/c26-18-8-4-17(5-9-18)24(31)30-23(21-3-1-2-12-27-21)13-22(29-30)16-6-10-19(11-7-16)28-25(32)35-20-14-36(33,34)15-20/h1-12,20,23H,13-15H2,(H,28,32). The van der Waals surface area contributed by atoms with Crippen LogP contribution in [0.15, 0.2) is 82.5 Å². The third kappa shape index (κ3) is 5.31. The molecule has 1 N–H and O–H groups in total. The molecule has 5 rings (SSSR count). The van der Waals surface area contributed by atoms with E-state index in [-0.39, 0.29) is 23.5 Å². The van der Waals surface area contributed by atoms with Gasteiger partial charge in [-0.1, -0.05) is 34.1 Å². The van der Waals surface area contributed by atoms with Crippen LogP contribution < -0.4 is 5.32 Å². The minimum absolute atomic E-state index is 0.147. The van der Waals surface area contributed by atoms with Gasteiger partial charge < -0.3 is 4.74 Å². The Morgan fingerprint density at radius 1 is 1.00 bits per heavy atom. The molecule has 2 aliphatic rings. The van der Waals surface area contributed by atoms with Gasteiger partial charge in [-0.3, -0.25) is 15.1 Å². The topological polar surface area (TPSA) is 118 Å². The normalized spacial score (nSPS) is 18.8. The predicted molar refractivity (Wildman–Crippen MR) is 137 cm³/mol. The number of sulfone groups is 1. The molecule has 1 aromatic heterocycles. The fraction of sp³-hybridized carbons (Fsp3) is 0.200. The van der Waals surface area contributed by atoms with Gasteiger partial charge >= 0.3 is 6.09 Å². The van der Waals surface area contributed by atoms with Crippen LogP contribution in [0.1, 0.15) is 34.1 Å². The summed E-state index contributed by atoms with van der Waals surface area (Å²) in [5.74, 6) is -0.523. The zero-order valence-corrected chi connectivity index (χ0v) is 21.3. The molecule has 11 heteroatoms. The van der Waals surface area contributed by atoms with Crippen LogP contribution in [0, 0.1) is 0 Å². The van der Waals surface area contributed by atoms with Gasteiger partial charge in [0.05, 0.1) is 22.9 Å². The van der Waals surface area contributed by atoms with Crippen LogP contribution in [0.25, 0.3) is 0 Å². The van der Waals surface area contributed by atoms with Crippen LogP contribution in [0.3, 0.4) is 0 Å². The molecule has 9 nitrogen and oxygen atoms in total. The second-order valence-corrected chi connectivity index (χ2v) is 11.6. The number of aromatic nitrogens is 1. The quantitative estimate of drug-likeness (QED) is 0.493. The number of hydrogen-bond acceptors (Lipinski definition) is 7. The van der Waals surface area contributed by atoms with Gasteiger partial charge in [0.1, 0.15) is 12.1 Å². The van der Waals surface area contributed by atoms with Crippen LogP contribution in [0.5, 0.6) is 0 Å². The summed E-state index contributed by atoms with van der Waals surface area (Å²) in [5.41, 5.74) is 3.26. The van der Waals surface area contributed by atoms with Crippen molar-refractivity contribution in [3.8, 4) is 0 Å². The second kappa shape index (κ2) is 9.82. The summed E-state index contributed by atoms with van der Waals surface area (Å²) in [6.45, 7) is 0. The molecule has 0 saturated carbocycles. The number of amides is 2. The molecule has 2 amide bonds. The monoisotopic (exact) mass is 568 g/mol. The Balaban J connectivity index is 1.32. The lowest BCUT2D eigenvalue weighted by atomic mass is 10.0. The van der Waals surface area contributed by atoms with Crippen LogP contribution in [-0.2, 0) is 14.6 Å². The number of hydrazone groups is 1. The van der Waals surface area contributed by atoms with Crippen LogP contribution >= 0.6 is 15.9 Å². The molecule has 36 heavy (non-hydrogen) atoms. The average Bonchev–Trinajstić information content (AvgIpc) is 3.29. The van der Waals surface area contributed by atoms with E-state index < -0.39 is 22.0 Å². The number of anilines is 1. The van der Waals surface area contributed by atoms with Gasteiger partial charge in [0.2, 0.25) is 0 Å². The first-order valence-corrected chi connectivity index (χ1v) is 13.7. The molecule has 0 bridgehead atoms. The lowest BCUT2D eigenvalue weighted by molar-refractivity contribution is 0.0708. The average molecular weight is 569 g/mol. The fourth-order valence-corrected chi connectivity index (χ4v) is 5.47. The molecule has 3 aromatic rings. The number of carbonyl (C=O) groups is 2. The minimum Gasteiger partial charge on any atom is -0.444 e. The highest BCUT2D eigenvalue weighted by Crippen LogP contribution is 2.33. The number of carbonyl (C=O) groups excluding carboxylic acids is 2. The largest absolute Gasteiger partial charge is 0.444 e. The van der Waals surface area contributed by atoms with E-state index in [0.717, 1.165) is 15.7 Å². The van der Waals surface area contributed by atoms with Crippen molar-refractivity contribution in [2.24, 2.45) is 5.10 Å². The molecule has 1 fully saturated rings. The molecule has 184 valence electrons. The van der Waals surface area contributed by atoms with E-state index in [4.69, 9.17) is 4.74 Å². The Hall–Kier alpha value is -3.57. The zero-order valence-electron chi connectivity index (χ0n) is 18.9. The number of rotatable bonds is 5. The van der Waals surface area contributed by atoms with Crippen molar-refractivity contribution in [1.82, 2.24) is 9.99 Å². The van der Waals surface area contributed by atoms with Crippen LogP contribution in [-0.4, -0.2) is 53.7 Å². The van der Waals surface area contributed by atoms with E-state index >= 15 is 0 Å². The minimum atomic E-state index is -3.07. The van der Waals surface area contributed by atoms with E-state index in [1.54, 1.807) is 42.6 Å². The first-order valence-electron chi connectivity index (χ1n) is 11.1. The van der Waals surface area contributed by atoms with E-state index in [2.05, 4.69) is 31.3 Å². The highest BCUT2D eigenvalue weighted by atomic mass is 79.9. The van der Waals surface area contributed by atoms with Gasteiger partial charge in [0.25, 0.3) is 5.91 Å². The van der Waals surface area contributed by atoms with Crippen molar-refractivity contribution in [2.45, 2.75) is 18.6 Å². The van der Waals surface area contributed by atoms with Gasteiger partial charge in [0.15, 0.2) is 9.84 Å². The van der Waals surface area contributed by atoms with Crippen LogP contribution in [0.4, 0.5) is 10.5 Å². The number of benzene rings is 2. The third-order valence-electron chi connectivity index (χ3n) is 5.86. The Morgan fingerprint density at radius 3 is 2.36 bits per heavy atom. The number of ether oxygens (including phenoxy) is 1. The first-order chi connectivity index (χ1) is 17.3. The maximum Gasteiger partial charge on any atom is 0.411 e. The highest BCUT2D eigenvalue weighted by molar-refractivity contribution is 9.10. The molecule has 3 heterocycles. The third-order valence-corrected chi connectivity index (χ3v) is 8.14. The molecule has 1 saturated heterocycles. The van der Waals surface area contributed by atoms with Gasteiger partial charge in [-0.15, -0.1) is 0 Å². The van der Waals surface area contributed by atoms with Crippen molar-refractivity contribution in [3.05, 3.63) is 94.2 Å². The molecule has 0 spiro atoms. The molecule has 1 unspecified atom stereocenters. The fourth-order valence-electron chi connectivity index (χ4n) is 4.03. The smallest absolute Gasteiger partial charge is 0.411 e. The van der Waals surface area contributed by atoms with Crippen molar-refractivity contribution >= 4 is 49.2 Å². The molecule has 1 atom stereocenters. The summed E-state index contributed by atoms with van der Waals surface area (Å²) in [4.78, 5) is 29.8. The summed E-state index contributed by atoms with van der Waals surface area (Å²) in [5, 5.41) is 8.73. The van der Waals surface area contributed by atoms with Crippen molar-refractivity contribution in [2.75, 3.05) is 16.8 Å². The zero-order chi connectivity index (χ0) is 25.3. The van der Waals surface area contributed by atoms with Gasteiger partial charge in [0, 0.05) is 28.3 Å². The molecule has 0 aliphatic carbocycles. The van der Waals surface area contributed by atoms with Gasteiger partial charge in [-0.2, -0.15) is 5.10 Å². The number of halogens is 1. The van der Waals surface area contributed by atoms with E-state index in [1.807, 2.05) is 30.3 Å². The summed E-state index contributed by atoms with van der Waals surface area (Å²) in [6, 6.07) is 19.3. The highest BCUT2D eigenvalue weighted by Gasteiger charge is 2.37. The summed E-state index contributed by atoms with van der Waals surface area (Å²) < 4.78 is 28.4. The Morgan fingerprint density at radius 2 is 1.72 bits per heavy atom. The number of pyridine rings is 1. The van der Waals surface area contributed by atoms with Crippen molar-refractivity contribution in [3.63, 3.8) is 0 Å². The van der Waals surface area contributed by atoms with Gasteiger partial charge in [-0.05, 0) is 54.1 Å². The molecular weight excluding hydrogens is 548 g/mol. The molecule has 0 radical (unpaired) electrons. The van der Waals surface area contributed by atoms with E-state index in [9.17, 15) is 18.0 Å². The SMILES string of the molecule is O=C(Nc1ccc(C2=NN(C(=O)c3ccc(Br)cc3)C(c3ccccn3)C2)cc1)OC1CS(=O)(=O)C1. The summed E-state index contributed by atoms with van der Waals surface area (Å²) in [7, 11) is -3.07. The molecule has 2 aromatic carbocycles. The molecule has 2 aliphatic heterocycles. The Kier molecular flexibility index (Phi) is 6.59. The number of hydrogen-bond donors (Lipinski definition) is 1. The van der Waals surface area contributed by atoms with E-state index in [1.165, 1.54) is 5.01 Å². The maximum atomic E-state index is 13.3. The predicted octanol–water partition coefficient (Wildman–Crippen LogP) is 4.18. The lowest BCUT2D eigenvalue weighted by Gasteiger charge is -2.25. The van der Waals surface area contributed by atoms with Crippen LogP contribution in [0.2, 0.25) is 0 Å². The number of nitrogens with one attached hydrogen (secondary N) is 1. The Labute approximate surface area is 216 Å². The summed E-state index contributed by atoms with van der Waals surface area (Å²) >= 11 is 3.39. The number of nitrogens with zero attached hydrogens (tertiary/aromatic N) is 3. The maximum absolute atomic E-state index is 13.3.